The van der Waals surface area contributed by atoms with Gasteiger partial charge in [0, 0.05) is 6.04 Å². The van der Waals surface area contributed by atoms with Gasteiger partial charge in [-0.2, -0.15) is 11.8 Å². The summed E-state index contributed by atoms with van der Waals surface area (Å²) in [6, 6.07) is 0.834. The molecule has 1 N–H and O–H groups in total. The molecular weight excluding hydrogens is 142 g/mol. The molecule has 1 heterocycles. The van der Waals surface area contributed by atoms with Crippen molar-refractivity contribution in [2.75, 3.05) is 18.6 Å². The van der Waals surface area contributed by atoms with E-state index in [0.717, 1.165) is 6.04 Å². The van der Waals surface area contributed by atoms with E-state index in [0.29, 0.717) is 0 Å². The predicted octanol–water partition coefficient (Wildman–Crippen LogP) is 1.88. The summed E-state index contributed by atoms with van der Waals surface area (Å²) in [4.78, 5) is 0. The minimum Gasteiger partial charge on any atom is -0.314 e. The Labute approximate surface area is 68.0 Å². The molecule has 0 radical (unpaired) electrons. The molecule has 0 aromatic heterocycles. The van der Waals surface area contributed by atoms with Crippen molar-refractivity contribution in [3.05, 3.63) is 0 Å². The number of rotatable bonds is 3. The maximum absolute atomic E-state index is 3.54. The molecule has 2 heteroatoms. The van der Waals surface area contributed by atoms with Gasteiger partial charge in [-0.3, -0.25) is 0 Å². The van der Waals surface area contributed by atoms with Crippen molar-refractivity contribution in [2.24, 2.45) is 0 Å². The van der Waals surface area contributed by atoms with Crippen LogP contribution in [0.15, 0.2) is 0 Å². The summed E-state index contributed by atoms with van der Waals surface area (Å²) < 4.78 is 0. The first-order valence-electron chi connectivity index (χ1n) is 4.16. The van der Waals surface area contributed by atoms with Crippen molar-refractivity contribution in [1.29, 1.82) is 0 Å². The van der Waals surface area contributed by atoms with Crippen LogP contribution in [-0.4, -0.2) is 24.6 Å². The molecular formula is C8H17NS. The second-order valence-electron chi connectivity index (χ2n) is 2.93. The van der Waals surface area contributed by atoms with Crippen LogP contribution in [0.4, 0.5) is 0 Å². The maximum atomic E-state index is 3.54. The van der Waals surface area contributed by atoms with Crippen molar-refractivity contribution in [2.45, 2.75) is 31.7 Å². The average Bonchev–Trinajstić information content (AvgIpc) is 2.03. The van der Waals surface area contributed by atoms with Gasteiger partial charge in [0.15, 0.2) is 0 Å². The molecule has 1 saturated heterocycles. The van der Waals surface area contributed by atoms with Gasteiger partial charge in [0.25, 0.3) is 0 Å². The standard InChI is InChI=1S/C8H17NS/c1-10-7-5-8-4-2-3-6-9-8/h8-9H,2-7H2,1H3/t8-/m0/s1. The Morgan fingerprint density at radius 2 is 2.40 bits per heavy atom. The number of nitrogens with one attached hydrogen (secondary N) is 1. The smallest absolute Gasteiger partial charge is 0.00749 e. The molecule has 0 spiro atoms. The molecule has 0 saturated carbocycles. The monoisotopic (exact) mass is 159 g/mol. The molecule has 0 bridgehead atoms. The van der Waals surface area contributed by atoms with Crippen LogP contribution < -0.4 is 5.32 Å². The Bertz CT molecular complexity index is 79.3. The normalized spacial score (nSPS) is 26.7. The van der Waals surface area contributed by atoms with Crippen LogP contribution in [0.1, 0.15) is 25.7 Å². The van der Waals surface area contributed by atoms with E-state index >= 15 is 0 Å². The number of thioether (sulfide) groups is 1. The van der Waals surface area contributed by atoms with Crippen molar-refractivity contribution in [3.63, 3.8) is 0 Å². The van der Waals surface area contributed by atoms with Gasteiger partial charge < -0.3 is 5.32 Å². The van der Waals surface area contributed by atoms with Gasteiger partial charge in [0.1, 0.15) is 0 Å². The number of piperidine rings is 1. The Balaban J connectivity index is 2.02. The summed E-state index contributed by atoms with van der Waals surface area (Å²) in [5, 5.41) is 3.54. The fourth-order valence-corrected chi connectivity index (χ4v) is 1.95. The van der Waals surface area contributed by atoms with E-state index in [4.69, 9.17) is 0 Å². The zero-order valence-corrected chi connectivity index (χ0v) is 7.54. The topological polar surface area (TPSA) is 12.0 Å². The lowest BCUT2D eigenvalue weighted by Gasteiger charge is -2.22. The van der Waals surface area contributed by atoms with Gasteiger partial charge in [-0.05, 0) is 37.8 Å². The highest BCUT2D eigenvalue weighted by molar-refractivity contribution is 7.98. The predicted molar refractivity (Wildman–Crippen MR) is 48.6 cm³/mol. The van der Waals surface area contributed by atoms with E-state index in [1.807, 2.05) is 11.8 Å². The summed E-state index contributed by atoms with van der Waals surface area (Å²) in [7, 11) is 0. The molecule has 1 rings (SSSR count). The second kappa shape index (κ2) is 5.03. The molecule has 0 unspecified atom stereocenters. The largest absolute Gasteiger partial charge is 0.314 e. The molecule has 0 aromatic rings. The van der Waals surface area contributed by atoms with Crippen LogP contribution in [-0.2, 0) is 0 Å². The summed E-state index contributed by atoms with van der Waals surface area (Å²) in [5.74, 6) is 1.32. The average molecular weight is 159 g/mol. The molecule has 0 aliphatic carbocycles. The maximum Gasteiger partial charge on any atom is 0.00749 e. The fourth-order valence-electron chi connectivity index (χ4n) is 1.43. The first-order valence-corrected chi connectivity index (χ1v) is 5.55. The van der Waals surface area contributed by atoms with E-state index < -0.39 is 0 Å². The number of hydrogen-bond donors (Lipinski definition) is 1. The van der Waals surface area contributed by atoms with Gasteiger partial charge >= 0.3 is 0 Å². The van der Waals surface area contributed by atoms with Crippen LogP contribution in [0.3, 0.4) is 0 Å². The third kappa shape index (κ3) is 2.93. The quantitative estimate of drug-likeness (QED) is 0.675. The highest BCUT2D eigenvalue weighted by Crippen LogP contribution is 2.11. The van der Waals surface area contributed by atoms with E-state index in [-0.39, 0.29) is 0 Å². The van der Waals surface area contributed by atoms with Gasteiger partial charge in [-0.1, -0.05) is 6.42 Å². The zero-order valence-electron chi connectivity index (χ0n) is 6.73. The van der Waals surface area contributed by atoms with Gasteiger partial charge in [0.2, 0.25) is 0 Å². The second-order valence-corrected chi connectivity index (χ2v) is 3.91. The number of hydrogen-bond acceptors (Lipinski definition) is 2. The molecule has 1 atom stereocenters. The molecule has 0 aromatic carbocycles. The molecule has 1 aliphatic heterocycles. The fraction of sp³-hybridized carbons (Fsp3) is 1.00. The minimum absolute atomic E-state index is 0.834. The summed E-state index contributed by atoms with van der Waals surface area (Å²) in [6.45, 7) is 1.25. The van der Waals surface area contributed by atoms with Crippen molar-refractivity contribution >= 4 is 11.8 Å². The lowest BCUT2D eigenvalue weighted by molar-refractivity contribution is 0.395. The highest BCUT2D eigenvalue weighted by Gasteiger charge is 2.10. The zero-order chi connectivity index (χ0) is 7.23. The van der Waals surface area contributed by atoms with E-state index in [1.54, 1.807) is 0 Å². The molecule has 1 aliphatic rings. The Kier molecular flexibility index (Phi) is 4.23. The third-order valence-electron chi connectivity index (χ3n) is 2.08. The van der Waals surface area contributed by atoms with E-state index in [2.05, 4.69) is 11.6 Å². The van der Waals surface area contributed by atoms with Gasteiger partial charge in [-0.15, -0.1) is 0 Å². The van der Waals surface area contributed by atoms with E-state index in [9.17, 15) is 0 Å². The SMILES string of the molecule is CSCC[C@@H]1CCCCN1. The third-order valence-corrected chi connectivity index (χ3v) is 2.73. The molecule has 0 amide bonds. The van der Waals surface area contributed by atoms with Gasteiger partial charge in [0.05, 0.1) is 0 Å². The van der Waals surface area contributed by atoms with E-state index in [1.165, 1.54) is 38.0 Å². The molecule has 60 valence electrons. The molecule has 1 nitrogen and oxygen atoms in total. The first-order chi connectivity index (χ1) is 4.93. The Morgan fingerprint density at radius 3 is 3.00 bits per heavy atom. The Hall–Kier alpha value is 0.310. The van der Waals surface area contributed by atoms with Crippen LogP contribution in [0, 0.1) is 0 Å². The van der Waals surface area contributed by atoms with Crippen molar-refractivity contribution < 1.29 is 0 Å². The lowest BCUT2D eigenvalue weighted by atomic mass is 10.0. The van der Waals surface area contributed by atoms with Gasteiger partial charge in [-0.25, -0.2) is 0 Å². The highest BCUT2D eigenvalue weighted by atomic mass is 32.2. The molecule has 10 heavy (non-hydrogen) atoms. The van der Waals surface area contributed by atoms with Crippen LogP contribution in [0.2, 0.25) is 0 Å². The van der Waals surface area contributed by atoms with Crippen LogP contribution >= 0.6 is 11.8 Å². The Morgan fingerprint density at radius 1 is 1.50 bits per heavy atom. The summed E-state index contributed by atoms with van der Waals surface area (Å²) in [5.41, 5.74) is 0. The lowest BCUT2D eigenvalue weighted by Crippen LogP contribution is -2.34. The molecule has 1 fully saturated rings. The summed E-state index contributed by atoms with van der Waals surface area (Å²) >= 11 is 1.96. The summed E-state index contributed by atoms with van der Waals surface area (Å²) in [6.07, 6.45) is 7.77. The first kappa shape index (κ1) is 8.41. The minimum atomic E-state index is 0.834. The van der Waals surface area contributed by atoms with Crippen LogP contribution in [0.25, 0.3) is 0 Å². The van der Waals surface area contributed by atoms with Crippen molar-refractivity contribution in [1.82, 2.24) is 5.32 Å². The van der Waals surface area contributed by atoms with Crippen molar-refractivity contribution in [3.8, 4) is 0 Å². The van der Waals surface area contributed by atoms with Crippen LogP contribution in [0.5, 0.6) is 0 Å².